The van der Waals surface area contributed by atoms with Gasteiger partial charge in [0.25, 0.3) is 0 Å². The molecule has 4 fully saturated rings. The number of carbonyl (C=O) groups is 2. The fourth-order valence-electron chi connectivity index (χ4n) is 7.61. The lowest BCUT2D eigenvalue weighted by molar-refractivity contribution is -0.137. The molecule has 4 saturated carbocycles. The highest BCUT2D eigenvalue weighted by Crippen LogP contribution is 2.61. The van der Waals surface area contributed by atoms with Crippen molar-refractivity contribution in [1.29, 1.82) is 0 Å². The fourth-order valence-corrected chi connectivity index (χ4v) is 7.61. The van der Waals surface area contributed by atoms with Crippen LogP contribution in [0.2, 0.25) is 0 Å². The maximum Gasteiger partial charge on any atom is 0.336 e. The van der Waals surface area contributed by atoms with E-state index in [4.69, 9.17) is 14.2 Å². The molecule has 35 heavy (non-hydrogen) atoms. The van der Waals surface area contributed by atoms with Crippen molar-refractivity contribution in [2.45, 2.75) is 50.9 Å². The summed E-state index contributed by atoms with van der Waals surface area (Å²) >= 11 is 0. The van der Waals surface area contributed by atoms with E-state index in [1.807, 2.05) is 17.3 Å². The van der Waals surface area contributed by atoms with E-state index in [-0.39, 0.29) is 11.5 Å². The monoisotopic (exact) mass is 481 g/mol. The summed E-state index contributed by atoms with van der Waals surface area (Å²) < 4.78 is 15.5. The summed E-state index contributed by atoms with van der Waals surface area (Å²) in [6.45, 7) is 0.735. The first-order valence-corrected chi connectivity index (χ1v) is 12.6. The zero-order valence-electron chi connectivity index (χ0n) is 20.8. The predicted molar refractivity (Wildman–Crippen MR) is 130 cm³/mol. The van der Waals surface area contributed by atoms with Gasteiger partial charge in [-0.3, -0.25) is 0 Å². The van der Waals surface area contributed by atoms with Gasteiger partial charge in [-0.15, -0.1) is 0 Å². The van der Waals surface area contributed by atoms with E-state index in [0.717, 1.165) is 30.7 Å². The summed E-state index contributed by atoms with van der Waals surface area (Å²) in [5, 5.41) is 10.1. The van der Waals surface area contributed by atoms with Crippen molar-refractivity contribution in [3.63, 3.8) is 0 Å². The van der Waals surface area contributed by atoms with Crippen molar-refractivity contribution < 1.29 is 28.9 Å². The average molecular weight is 482 g/mol. The minimum atomic E-state index is -0.694. The second kappa shape index (κ2) is 9.25. The number of methoxy groups -OCH3 is 3. The van der Waals surface area contributed by atoms with Gasteiger partial charge in [0.1, 0.15) is 0 Å². The van der Waals surface area contributed by atoms with Crippen molar-refractivity contribution >= 4 is 11.9 Å². The lowest BCUT2D eigenvalue weighted by atomic mass is 9.49. The van der Waals surface area contributed by atoms with E-state index in [0.29, 0.717) is 22.1 Å². The Bertz CT molecular complexity index is 1000. The quantitative estimate of drug-likeness (QED) is 0.573. The molecule has 1 aromatic carbocycles. The molecule has 1 N–H and O–H groups in total. The van der Waals surface area contributed by atoms with E-state index < -0.39 is 17.9 Å². The molecule has 7 heteroatoms. The Labute approximate surface area is 206 Å². The van der Waals surface area contributed by atoms with Crippen LogP contribution < -0.4 is 4.74 Å². The van der Waals surface area contributed by atoms with E-state index in [1.54, 1.807) is 12.1 Å². The SMILES string of the molecule is COC(=O)C1=CN(CCC23CC4CC(CC(C4)C2)C3)C=C(C(=O)OC)C1c1ccc(O)c(OC)c1. The highest BCUT2D eigenvalue weighted by molar-refractivity contribution is 5.98. The zero-order chi connectivity index (χ0) is 24.7. The van der Waals surface area contributed by atoms with Gasteiger partial charge in [-0.25, -0.2) is 9.59 Å². The van der Waals surface area contributed by atoms with Crippen molar-refractivity contribution in [2.24, 2.45) is 23.2 Å². The molecule has 7 nitrogen and oxygen atoms in total. The van der Waals surface area contributed by atoms with Crippen LogP contribution in [-0.2, 0) is 19.1 Å². The Morgan fingerprint density at radius 3 is 1.97 bits per heavy atom. The maximum absolute atomic E-state index is 12.9. The lowest BCUT2D eigenvalue weighted by Crippen LogP contribution is -2.47. The van der Waals surface area contributed by atoms with Crippen LogP contribution in [0, 0.1) is 23.2 Å². The molecule has 188 valence electrons. The molecule has 4 bridgehead atoms. The molecule has 1 aromatic rings. The normalized spacial score (nSPS) is 29.5. The Morgan fingerprint density at radius 2 is 1.49 bits per heavy atom. The van der Waals surface area contributed by atoms with Gasteiger partial charge in [-0.05, 0) is 85.8 Å². The van der Waals surface area contributed by atoms with E-state index >= 15 is 0 Å². The van der Waals surface area contributed by atoms with Crippen LogP contribution in [0.4, 0.5) is 0 Å². The minimum absolute atomic E-state index is 0.0172. The standard InChI is InChI=1S/C28H35NO6/c1-33-24-11-20(4-5-23(24)30)25-21(26(31)34-2)15-29(16-22(25)27(32)35-3)7-6-28-12-17-8-18(13-28)10-19(9-17)14-28/h4-5,11,15-19,25,30H,6-10,12-14H2,1-3H3. The largest absolute Gasteiger partial charge is 0.504 e. The number of hydrogen-bond acceptors (Lipinski definition) is 7. The molecule has 4 aliphatic carbocycles. The van der Waals surface area contributed by atoms with Crippen LogP contribution in [0.5, 0.6) is 11.5 Å². The summed E-state index contributed by atoms with van der Waals surface area (Å²) in [5.41, 5.74) is 1.73. The molecule has 0 radical (unpaired) electrons. The molecule has 1 heterocycles. The number of benzene rings is 1. The number of phenols is 1. The predicted octanol–water partition coefficient (Wildman–Crippen LogP) is 4.52. The number of hydrogen-bond donors (Lipinski definition) is 1. The van der Waals surface area contributed by atoms with Crippen molar-refractivity contribution in [1.82, 2.24) is 4.90 Å². The van der Waals surface area contributed by atoms with Gasteiger partial charge in [0, 0.05) is 18.9 Å². The molecule has 0 aromatic heterocycles. The molecule has 5 aliphatic rings. The van der Waals surface area contributed by atoms with E-state index in [2.05, 4.69) is 0 Å². The molecule has 6 rings (SSSR count). The van der Waals surface area contributed by atoms with Gasteiger partial charge in [0.05, 0.1) is 38.4 Å². The molecule has 0 atom stereocenters. The average Bonchev–Trinajstić information content (AvgIpc) is 2.85. The second-order valence-electron chi connectivity index (χ2n) is 10.9. The topological polar surface area (TPSA) is 85.3 Å². The van der Waals surface area contributed by atoms with Crippen LogP contribution in [0.3, 0.4) is 0 Å². The van der Waals surface area contributed by atoms with E-state index in [9.17, 15) is 14.7 Å². The number of carbonyl (C=O) groups excluding carboxylic acids is 2. The number of aromatic hydroxyl groups is 1. The van der Waals surface area contributed by atoms with Gasteiger partial charge in [0.2, 0.25) is 0 Å². The van der Waals surface area contributed by atoms with Gasteiger partial charge >= 0.3 is 11.9 Å². The van der Waals surface area contributed by atoms with Crippen LogP contribution in [0.1, 0.15) is 56.4 Å². The molecular weight excluding hydrogens is 446 g/mol. The zero-order valence-corrected chi connectivity index (χ0v) is 20.8. The van der Waals surface area contributed by atoms with Gasteiger partial charge < -0.3 is 24.2 Å². The molecule has 0 spiro atoms. The first-order valence-electron chi connectivity index (χ1n) is 12.6. The van der Waals surface area contributed by atoms with Crippen LogP contribution in [0.15, 0.2) is 41.7 Å². The van der Waals surface area contributed by atoms with E-state index in [1.165, 1.54) is 65.9 Å². The van der Waals surface area contributed by atoms with Crippen molar-refractivity contribution in [3.8, 4) is 11.5 Å². The first-order chi connectivity index (χ1) is 16.8. The number of phenolic OH excluding ortho intramolecular Hbond substituents is 1. The van der Waals surface area contributed by atoms with Gasteiger partial charge in [0.15, 0.2) is 11.5 Å². The third-order valence-electron chi connectivity index (χ3n) is 8.68. The van der Waals surface area contributed by atoms with Crippen LogP contribution in [0.25, 0.3) is 0 Å². The summed E-state index contributed by atoms with van der Waals surface area (Å²) in [5.74, 6) is 1.17. The summed E-state index contributed by atoms with van der Waals surface area (Å²) in [6, 6.07) is 4.82. The maximum atomic E-state index is 12.9. The Balaban J connectivity index is 1.45. The lowest BCUT2D eigenvalue weighted by Gasteiger charge is -2.57. The number of nitrogens with zero attached hydrogens (tertiary/aromatic N) is 1. The van der Waals surface area contributed by atoms with Crippen LogP contribution >= 0.6 is 0 Å². The minimum Gasteiger partial charge on any atom is -0.504 e. The van der Waals surface area contributed by atoms with Gasteiger partial charge in [-0.2, -0.15) is 0 Å². The van der Waals surface area contributed by atoms with Crippen molar-refractivity contribution in [2.75, 3.05) is 27.9 Å². The highest BCUT2D eigenvalue weighted by Gasteiger charge is 2.50. The first kappa shape index (κ1) is 23.8. The Kier molecular flexibility index (Phi) is 6.28. The Hall–Kier alpha value is -2.96. The molecule has 1 aliphatic heterocycles. The van der Waals surface area contributed by atoms with Crippen molar-refractivity contribution in [3.05, 3.63) is 47.3 Å². The highest BCUT2D eigenvalue weighted by atomic mass is 16.5. The molecular formula is C28H35NO6. The summed E-state index contributed by atoms with van der Waals surface area (Å²) in [4.78, 5) is 27.8. The molecule has 0 amide bonds. The van der Waals surface area contributed by atoms with Gasteiger partial charge in [-0.1, -0.05) is 6.07 Å². The second-order valence-corrected chi connectivity index (χ2v) is 10.9. The number of ether oxygens (including phenoxy) is 3. The van der Waals surface area contributed by atoms with Crippen LogP contribution in [-0.4, -0.2) is 49.8 Å². The summed E-state index contributed by atoms with van der Waals surface area (Å²) in [6.07, 6.45) is 12.8. The number of esters is 2. The molecule has 0 unspecified atom stereocenters. The number of rotatable bonds is 7. The fraction of sp³-hybridized carbons (Fsp3) is 0.571. The smallest absolute Gasteiger partial charge is 0.336 e. The summed E-state index contributed by atoms with van der Waals surface area (Å²) in [7, 11) is 4.14. The third-order valence-corrected chi connectivity index (χ3v) is 8.68. The third kappa shape index (κ3) is 4.41. The Morgan fingerprint density at radius 1 is 0.943 bits per heavy atom. The molecule has 0 saturated heterocycles.